The lowest BCUT2D eigenvalue weighted by Gasteiger charge is -2.33. The Labute approximate surface area is 142 Å². The highest BCUT2D eigenvalue weighted by Crippen LogP contribution is 2.27. The predicted molar refractivity (Wildman–Crippen MR) is 88.6 cm³/mol. The average Bonchev–Trinajstić information content (AvgIpc) is 2.78. The fourth-order valence-corrected chi connectivity index (χ4v) is 4.10. The van der Waals surface area contributed by atoms with Gasteiger partial charge in [0.15, 0.2) is 5.92 Å². The van der Waals surface area contributed by atoms with Crippen LogP contribution in [0.4, 0.5) is 0 Å². The molecule has 5 nitrogen and oxygen atoms in total. The van der Waals surface area contributed by atoms with Gasteiger partial charge in [-0.3, -0.25) is 9.59 Å². The van der Waals surface area contributed by atoms with Crippen LogP contribution in [0.1, 0.15) is 44.1 Å². The summed E-state index contributed by atoms with van der Waals surface area (Å²) >= 11 is 0. The minimum absolute atomic E-state index is 0.0839. The molecular weight excluding hydrogens is 306 g/mol. The maximum absolute atomic E-state index is 12.7. The smallest absolute Gasteiger partial charge is 0.325 e. The summed E-state index contributed by atoms with van der Waals surface area (Å²) in [6.07, 6.45) is 4.09. The highest BCUT2D eigenvalue weighted by Gasteiger charge is 2.44. The van der Waals surface area contributed by atoms with Gasteiger partial charge in [0.25, 0.3) is 0 Å². The van der Waals surface area contributed by atoms with E-state index < -0.39 is 17.9 Å². The van der Waals surface area contributed by atoms with Crippen LogP contribution >= 0.6 is 0 Å². The van der Waals surface area contributed by atoms with E-state index in [1.165, 1.54) is 12.8 Å². The molecule has 0 spiro atoms. The van der Waals surface area contributed by atoms with E-state index in [-0.39, 0.29) is 12.7 Å². The summed E-state index contributed by atoms with van der Waals surface area (Å²) in [6, 6.07) is 10.2. The zero-order valence-corrected chi connectivity index (χ0v) is 14.4. The summed E-state index contributed by atoms with van der Waals surface area (Å²) in [6.45, 7) is 1.99. The monoisotopic (exact) mass is 332 g/mol. The third-order valence-corrected chi connectivity index (χ3v) is 5.42. The van der Waals surface area contributed by atoms with E-state index >= 15 is 0 Å². The van der Waals surface area contributed by atoms with Gasteiger partial charge in [-0.25, -0.2) is 0 Å². The van der Waals surface area contributed by atoms with Crippen LogP contribution in [0, 0.1) is 0 Å². The van der Waals surface area contributed by atoms with Crippen molar-refractivity contribution in [1.29, 1.82) is 0 Å². The summed E-state index contributed by atoms with van der Waals surface area (Å²) in [4.78, 5) is 26.6. The van der Waals surface area contributed by atoms with E-state index in [2.05, 4.69) is 7.05 Å². The molecule has 1 aromatic carbocycles. The van der Waals surface area contributed by atoms with Crippen LogP contribution in [0.2, 0.25) is 0 Å². The Morgan fingerprint density at radius 2 is 1.75 bits per heavy atom. The molecule has 5 heteroatoms. The molecule has 2 bridgehead atoms. The van der Waals surface area contributed by atoms with Crippen molar-refractivity contribution in [3.63, 3.8) is 0 Å². The van der Waals surface area contributed by atoms with Crippen molar-refractivity contribution in [1.82, 2.24) is 0 Å². The molecular formula is C19H26NO4+. The summed E-state index contributed by atoms with van der Waals surface area (Å²) < 4.78 is 10.8. The number of hydrogen-bond acceptors (Lipinski definition) is 4. The number of benzene rings is 1. The first-order valence-electron chi connectivity index (χ1n) is 8.85. The van der Waals surface area contributed by atoms with Gasteiger partial charge >= 0.3 is 11.9 Å². The number of nitrogens with one attached hydrogen (secondary N) is 1. The molecule has 1 N–H and O–H groups in total. The lowest BCUT2D eigenvalue weighted by Crippen LogP contribution is -3.15. The Hall–Kier alpha value is -1.88. The van der Waals surface area contributed by atoms with Gasteiger partial charge in [-0.05, 0) is 12.5 Å². The Morgan fingerprint density at radius 3 is 2.33 bits per heavy atom. The quantitative estimate of drug-likeness (QED) is 0.648. The van der Waals surface area contributed by atoms with Crippen LogP contribution in [-0.4, -0.2) is 43.8 Å². The molecule has 2 fully saturated rings. The second kappa shape index (κ2) is 7.34. The summed E-state index contributed by atoms with van der Waals surface area (Å²) in [5.41, 5.74) is 0.627. The van der Waals surface area contributed by atoms with Gasteiger partial charge in [-0.15, -0.1) is 0 Å². The molecule has 3 unspecified atom stereocenters. The molecule has 0 aromatic heterocycles. The molecule has 0 radical (unpaired) electrons. The molecule has 1 aromatic rings. The fourth-order valence-electron chi connectivity index (χ4n) is 4.10. The van der Waals surface area contributed by atoms with Gasteiger partial charge in [0.05, 0.1) is 25.7 Å². The minimum Gasteiger partial charge on any atom is -0.465 e. The van der Waals surface area contributed by atoms with E-state index in [0.29, 0.717) is 17.6 Å². The van der Waals surface area contributed by atoms with Gasteiger partial charge in [0.2, 0.25) is 0 Å². The second-order valence-corrected chi connectivity index (χ2v) is 6.84. The van der Waals surface area contributed by atoms with Gasteiger partial charge in [0, 0.05) is 25.7 Å². The number of carbonyl (C=O) groups is 2. The lowest BCUT2D eigenvalue weighted by molar-refractivity contribution is -0.923. The summed E-state index contributed by atoms with van der Waals surface area (Å²) in [5.74, 6) is -2.00. The molecule has 24 heavy (non-hydrogen) atoms. The Bertz CT molecular complexity index is 574. The van der Waals surface area contributed by atoms with Crippen LogP contribution in [0.15, 0.2) is 30.3 Å². The van der Waals surface area contributed by atoms with Crippen molar-refractivity contribution in [2.75, 3.05) is 13.7 Å². The van der Waals surface area contributed by atoms with Crippen LogP contribution in [0.3, 0.4) is 0 Å². The standard InChI is InChI=1S/C19H25NO4/c1-3-23-18(21)17(13-7-5-4-6-8-13)19(22)24-16-11-14-9-10-15(12-16)20(14)2/h4-8,14-17H,3,9-12H2,1-2H3/p+1/t14-,15+,16?,17?. The first-order chi connectivity index (χ1) is 11.6. The number of rotatable bonds is 5. The summed E-state index contributed by atoms with van der Waals surface area (Å²) in [5, 5.41) is 0. The normalized spacial score (nSPS) is 29.8. The number of hydrogen-bond donors (Lipinski definition) is 1. The molecule has 2 aliphatic heterocycles. The third-order valence-electron chi connectivity index (χ3n) is 5.42. The zero-order chi connectivity index (χ0) is 17.1. The highest BCUT2D eigenvalue weighted by atomic mass is 16.6. The Morgan fingerprint density at radius 1 is 1.12 bits per heavy atom. The third kappa shape index (κ3) is 3.46. The molecule has 2 heterocycles. The Balaban J connectivity index is 1.71. The van der Waals surface area contributed by atoms with Crippen molar-refractivity contribution in [3.05, 3.63) is 35.9 Å². The molecule has 0 saturated carbocycles. The van der Waals surface area contributed by atoms with Crippen LogP contribution < -0.4 is 4.90 Å². The largest absolute Gasteiger partial charge is 0.465 e. The van der Waals surface area contributed by atoms with Gasteiger partial charge in [-0.2, -0.15) is 0 Å². The first kappa shape index (κ1) is 17.0. The van der Waals surface area contributed by atoms with E-state index in [1.807, 2.05) is 18.2 Å². The zero-order valence-electron chi connectivity index (χ0n) is 14.4. The van der Waals surface area contributed by atoms with E-state index in [9.17, 15) is 9.59 Å². The number of quaternary nitrogens is 1. The Kier molecular flexibility index (Phi) is 5.19. The van der Waals surface area contributed by atoms with Gasteiger partial charge in [0.1, 0.15) is 6.10 Å². The van der Waals surface area contributed by atoms with Crippen molar-refractivity contribution in [3.8, 4) is 0 Å². The van der Waals surface area contributed by atoms with Crippen molar-refractivity contribution < 1.29 is 24.0 Å². The second-order valence-electron chi connectivity index (χ2n) is 6.84. The highest BCUT2D eigenvalue weighted by molar-refractivity contribution is 6.00. The molecule has 0 aliphatic carbocycles. The molecule has 2 saturated heterocycles. The van der Waals surface area contributed by atoms with Gasteiger partial charge < -0.3 is 14.4 Å². The maximum atomic E-state index is 12.7. The average molecular weight is 332 g/mol. The molecule has 5 atom stereocenters. The first-order valence-corrected chi connectivity index (χ1v) is 8.85. The van der Waals surface area contributed by atoms with Crippen molar-refractivity contribution in [2.45, 2.75) is 56.7 Å². The van der Waals surface area contributed by atoms with Gasteiger partial charge in [-0.1, -0.05) is 30.3 Å². The number of esters is 2. The number of carbonyl (C=O) groups excluding carboxylic acids is 2. The molecule has 2 aliphatic rings. The SMILES string of the molecule is CCOC(=O)C(C(=O)OC1C[C@H]2CC[C@@H](C1)[NH+]2C)c1ccccc1. The van der Waals surface area contributed by atoms with Crippen molar-refractivity contribution >= 4 is 11.9 Å². The molecule has 130 valence electrons. The number of fused-ring (bicyclic) bond motifs is 2. The van der Waals surface area contributed by atoms with E-state index in [4.69, 9.17) is 9.47 Å². The van der Waals surface area contributed by atoms with Crippen LogP contribution in [0.25, 0.3) is 0 Å². The van der Waals surface area contributed by atoms with Crippen molar-refractivity contribution in [2.24, 2.45) is 0 Å². The predicted octanol–water partition coefficient (Wildman–Crippen LogP) is 1.08. The van der Waals surface area contributed by atoms with Crippen LogP contribution in [-0.2, 0) is 19.1 Å². The molecule has 0 amide bonds. The topological polar surface area (TPSA) is 57.0 Å². The summed E-state index contributed by atoms with van der Waals surface area (Å²) in [7, 11) is 2.23. The fraction of sp³-hybridized carbons (Fsp3) is 0.579. The lowest BCUT2D eigenvalue weighted by atomic mass is 9.98. The van der Waals surface area contributed by atoms with E-state index in [0.717, 1.165) is 12.8 Å². The van der Waals surface area contributed by atoms with Crippen LogP contribution in [0.5, 0.6) is 0 Å². The number of ether oxygens (including phenoxy) is 2. The minimum atomic E-state index is -0.990. The van der Waals surface area contributed by atoms with E-state index in [1.54, 1.807) is 24.0 Å². The molecule has 3 rings (SSSR count). The maximum Gasteiger partial charge on any atom is 0.325 e. The number of piperidine rings is 1.